The van der Waals surface area contributed by atoms with Crippen LogP contribution < -0.4 is 10.1 Å². The van der Waals surface area contributed by atoms with Gasteiger partial charge in [-0.1, -0.05) is 48.9 Å². The van der Waals surface area contributed by atoms with Crippen LogP contribution in [0.1, 0.15) is 78.9 Å². The van der Waals surface area contributed by atoms with E-state index in [9.17, 15) is 22.2 Å². The molecule has 0 radical (unpaired) electrons. The molecule has 11 heteroatoms. The highest BCUT2D eigenvalue weighted by Gasteiger charge is 2.46. The van der Waals surface area contributed by atoms with Crippen LogP contribution in [0.15, 0.2) is 71.6 Å². The summed E-state index contributed by atoms with van der Waals surface area (Å²) < 4.78 is 61.2. The Bertz CT molecular complexity index is 1920. The van der Waals surface area contributed by atoms with E-state index in [0.717, 1.165) is 69.6 Å². The summed E-state index contributed by atoms with van der Waals surface area (Å²) in [5, 5.41) is 3.84. The molecule has 3 aromatic carbocycles. The molecule has 1 N–H and O–H groups in total. The molecule has 1 aromatic heterocycles. The minimum Gasteiger partial charge on any atom is -0.493 e. The van der Waals surface area contributed by atoms with Gasteiger partial charge in [-0.15, -0.1) is 0 Å². The first-order valence-corrected chi connectivity index (χ1v) is 19.6. The van der Waals surface area contributed by atoms with Gasteiger partial charge in [0.2, 0.25) is 0 Å². The first kappa shape index (κ1) is 35.6. The molecule has 0 bridgehead atoms. The molecule has 270 valence electrons. The Morgan fingerprint density at radius 1 is 0.980 bits per heavy atom. The van der Waals surface area contributed by atoms with E-state index in [1.54, 1.807) is 24.5 Å². The van der Waals surface area contributed by atoms with Crippen molar-refractivity contribution in [3.63, 3.8) is 0 Å². The molecule has 51 heavy (non-hydrogen) atoms. The van der Waals surface area contributed by atoms with Gasteiger partial charge in [0.05, 0.1) is 50.2 Å². The summed E-state index contributed by atoms with van der Waals surface area (Å²) in [6.07, 6.45) is 4.23. The third-order valence-electron chi connectivity index (χ3n) is 10.7. The van der Waals surface area contributed by atoms with Crippen LogP contribution in [0.3, 0.4) is 0 Å². The van der Waals surface area contributed by atoms with Gasteiger partial charge < -0.3 is 15.0 Å². The van der Waals surface area contributed by atoms with Gasteiger partial charge in [0, 0.05) is 41.4 Å². The van der Waals surface area contributed by atoms with Crippen molar-refractivity contribution in [1.29, 1.82) is 0 Å². The molecule has 1 aliphatic carbocycles. The van der Waals surface area contributed by atoms with Crippen molar-refractivity contribution in [2.24, 2.45) is 0 Å². The van der Waals surface area contributed by atoms with Crippen LogP contribution in [0.2, 0.25) is 0 Å². The van der Waals surface area contributed by atoms with Gasteiger partial charge in [0.1, 0.15) is 5.75 Å². The van der Waals surface area contributed by atoms with Gasteiger partial charge in [-0.3, -0.25) is 13.9 Å². The quantitative estimate of drug-likeness (QED) is 0.180. The molecule has 7 nitrogen and oxygen atoms in total. The number of pyridine rings is 1. The number of hydrogen-bond donors (Lipinski definition) is 1. The van der Waals surface area contributed by atoms with Gasteiger partial charge in [-0.25, -0.2) is 4.98 Å². The molecule has 1 amide bonds. The van der Waals surface area contributed by atoms with Crippen LogP contribution in [-0.2, 0) is 29.1 Å². The molecule has 1 unspecified atom stereocenters. The summed E-state index contributed by atoms with van der Waals surface area (Å²) in [4.78, 5) is 25.2. The highest BCUT2D eigenvalue weighted by molar-refractivity contribution is 7.84. The second-order valence-corrected chi connectivity index (χ2v) is 15.5. The van der Waals surface area contributed by atoms with Crippen molar-refractivity contribution < 1.29 is 26.9 Å². The average Bonchev–Trinajstić information content (AvgIpc) is 3.92. The Morgan fingerprint density at radius 3 is 2.35 bits per heavy atom. The number of alkyl halides is 3. The van der Waals surface area contributed by atoms with E-state index >= 15 is 0 Å². The number of piperidine rings is 2. The number of hydrogen-bond acceptors (Lipinski definition) is 6. The number of nitrogens with zero attached hydrogens (tertiary/aromatic N) is 3. The summed E-state index contributed by atoms with van der Waals surface area (Å²) in [6.45, 7) is 6.31. The number of ether oxygens (including phenoxy) is 1. The van der Waals surface area contributed by atoms with E-state index < -0.39 is 28.1 Å². The summed E-state index contributed by atoms with van der Waals surface area (Å²) >= 11 is 0. The van der Waals surface area contributed by atoms with E-state index in [1.807, 2.05) is 37.3 Å². The number of amides is 1. The topological polar surface area (TPSA) is 74.8 Å². The van der Waals surface area contributed by atoms with Crippen LogP contribution in [-0.4, -0.2) is 70.0 Å². The minimum atomic E-state index is -4.56. The average molecular weight is 719 g/mol. The molecule has 3 aliphatic rings. The maximum absolute atomic E-state index is 14.9. The smallest absolute Gasteiger partial charge is 0.416 e. The highest BCUT2D eigenvalue weighted by Crippen LogP contribution is 2.46. The number of rotatable bonds is 10. The Kier molecular flexibility index (Phi) is 10.2. The number of halogens is 3. The third kappa shape index (κ3) is 7.57. The van der Waals surface area contributed by atoms with Crippen LogP contribution in [0, 0.1) is 0 Å². The number of nitrogens with one attached hydrogen (secondary N) is 1. The lowest BCUT2D eigenvalue weighted by Crippen LogP contribution is -2.46. The minimum absolute atomic E-state index is 0.282. The molecular weight excluding hydrogens is 674 g/mol. The molecule has 1 saturated carbocycles. The SMILES string of the molecule is CCOc1cc2nc(-c3cccc(C(F)(F)F)c3)c(CN3CCC(N4CCCCC4)CC3)c(C(=O)NC3(c4ccccc4)CC3)c2cc1S(C)=O. The van der Waals surface area contributed by atoms with Crippen molar-refractivity contribution in [1.82, 2.24) is 20.1 Å². The number of aromatic nitrogens is 1. The maximum Gasteiger partial charge on any atom is 0.416 e. The van der Waals surface area contributed by atoms with Crippen LogP contribution >= 0.6 is 0 Å². The lowest BCUT2D eigenvalue weighted by molar-refractivity contribution is -0.137. The number of benzene rings is 3. The normalized spacial score (nSPS) is 19.2. The number of likely N-dealkylation sites (tertiary alicyclic amines) is 2. The summed E-state index contributed by atoms with van der Waals surface area (Å²) in [6, 6.07) is 18.9. The van der Waals surface area contributed by atoms with Gasteiger partial charge in [0.15, 0.2) is 0 Å². The number of carbonyl (C=O) groups is 1. The van der Waals surface area contributed by atoms with Crippen LogP contribution in [0.4, 0.5) is 13.2 Å². The molecule has 4 aromatic rings. The second-order valence-electron chi connectivity index (χ2n) is 14.1. The van der Waals surface area contributed by atoms with E-state index in [4.69, 9.17) is 9.72 Å². The van der Waals surface area contributed by atoms with Gasteiger partial charge in [-0.05, 0) is 95.4 Å². The standard InChI is InChI=1S/C40H45F3N4O3S/c1-3-50-34-25-33-31(24-35(34)51(2)49)36(38(48)45-39(17-18-39)28-12-6-4-7-13-28)32(37(44-33)27-11-10-14-29(23-27)40(41,42)43)26-46-21-15-30(16-22-46)47-19-8-5-9-20-47/h4,6-7,10-14,23-25,30H,3,5,8-9,15-22,26H2,1-2H3,(H,45,48). The highest BCUT2D eigenvalue weighted by atomic mass is 32.2. The third-order valence-corrected chi connectivity index (χ3v) is 11.7. The summed E-state index contributed by atoms with van der Waals surface area (Å²) in [5.74, 6) is 0.0438. The fraction of sp³-hybridized carbons (Fsp3) is 0.450. The zero-order valence-corrected chi connectivity index (χ0v) is 30.0. The number of fused-ring (bicyclic) bond motifs is 1. The largest absolute Gasteiger partial charge is 0.493 e. The fourth-order valence-corrected chi connectivity index (χ4v) is 8.58. The Morgan fingerprint density at radius 2 is 1.71 bits per heavy atom. The van der Waals surface area contributed by atoms with Crippen molar-refractivity contribution in [2.75, 3.05) is 39.0 Å². The predicted octanol–water partition coefficient (Wildman–Crippen LogP) is 7.93. The monoisotopic (exact) mass is 718 g/mol. The summed E-state index contributed by atoms with van der Waals surface area (Å²) in [7, 11) is -1.45. The van der Waals surface area contributed by atoms with Crippen molar-refractivity contribution in [3.05, 3.63) is 89.0 Å². The fourth-order valence-electron chi connectivity index (χ4n) is 7.90. The van der Waals surface area contributed by atoms with Gasteiger partial charge in [-0.2, -0.15) is 13.2 Å². The van der Waals surface area contributed by atoms with Gasteiger partial charge in [0.25, 0.3) is 5.91 Å². The zero-order valence-electron chi connectivity index (χ0n) is 29.2. The number of carbonyl (C=O) groups excluding carboxylic acids is 1. The molecule has 2 saturated heterocycles. The second kappa shape index (κ2) is 14.7. The Labute approximate surface area is 300 Å². The Hall–Kier alpha value is -3.80. The van der Waals surface area contributed by atoms with E-state index in [0.29, 0.717) is 57.6 Å². The van der Waals surface area contributed by atoms with Crippen LogP contribution in [0.5, 0.6) is 5.75 Å². The molecule has 3 fully saturated rings. The van der Waals surface area contributed by atoms with Crippen LogP contribution in [0.25, 0.3) is 22.2 Å². The molecule has 0 spiro atoms. The van der Waals surface area contributed by atoms with Crippen molar-refractivity contribution >= 4 is 27.6 Å². The van der Waals surface area contributed by atoms with E-state index in [-0.39, 0.29) is 11.5 Å². The zero-order chi connectivity index (χ0) is 35.8. The summed E-state index contributed by atoms with van der Waals surface area (Å²) in [5.41, 5.74) is 1.59. The van der Waals surface area contributed by atoms with Crippen molar-refractivity contribution in [3.8, 4) is 17.0 Å². The molecule has 1 atom stereocenters. The van der Waals surface area contributed by atoms with Crippen molar-refractivity contribution in [2.45, 2.75) is 81.1 Å². The lowest BCUT2D eigenvalue weighted by atomic mass is 9.93. The molecule has 3 heterocycles. The van der Waals surface area contributed by atoms with E-state index in [2.05, 4.69) is 15.1 Å². The van der Waals surface area contributed by atoms with E-state index in [1.165, 1.54) is 25.3 Å². The predicted molar refractivity (Wildman–Crippen MR) is 194 cm³/mol. The maximum atomic E-state index is 14.9. The first-order chi connectivity index (χ1) is 24.6. The molecule has 7 rings (SSSR count). The molecular formula is C40H45F3N4O3S. The molecule has 2 aliphatic heterocycles. The Balaban J connectivity index is 1.38. The first-order valence-electron chi connectivity index (χ1n) is 18.1. The van der Waals surface area contributed by atoms with Gasteiger partial charge >= 0.3 is 6.18 Å². The lowest BCUT2D eigenvalue weighted by Gasteiger charge is -2.40.